The zero-order valence-corrected chi connectivity index (χ0v) is 16.9. The van der Waals surface area contributed by atoms with Gasteiger partial charge in [-0.15, -0.1) is 11.3 Å². The van der Waals surface area contributed by atoms with Crippen molar-refractivity contribution in [3.05, 3.63) is 52.2 Å². The van der Waals surface area contributed by atoms with Gasteiger partial charge in [0.25, 0.3) is 0 Å². The summed E-state index contributed by atoms with van der Waals surface area (Å²) in [5.41, 5.74) is 1.02. The van der Waals surface area contributed by atoms with Gasteiger partial charge in [-0.05, 0) is 36.1 Å². The summed E-state index contributed by atoms with van der Waals surface area (Å²) in [7, 11) is 1.63. The van der Waals surface area contributed by atoms with E-state index in [1.165, 1.54) is 4.88 Å². The molecule has 1 aromatic carbocycles. The van der Waals surface area contributed by atoms with Crippen molar-refractivity contribution in [1.29, 1.82) is 0 Å². The summed E-state index contributed by atoms with van der Waals surface area (Å²) < 4.78 is 5.13. The molecule has 0 saturated heterocycles. The first-order valence-corrected chi connectivity index (χ1v) is 9.95. The first-order valence-electron chi connectivity index (χ1n) is 9.07. The molecular formula is C20H28N4O2S. The average Bonchev–Trinajstić information content (AvgIpc) is 3.23. The number of aliphatic imine (C=N–C) groups is 1. The van der Waals surface area contributed by atoms with Crippen molar-refractivity contribution >= 4 is 23.2 Å². The minimum Gasteiger partial charge on any atom is -0.497 e. The molecule has 2 rings (SSSR count). The number of hydrogen-bond acceptors (Lipinski definition) is 4. The van der Waals surface area contributed by atoms with Crippen molar-refractivity contribution in [3.8, 4) is 5.75 Å². The maximum Gasteiger partial charge on any atom is 0.242 e. The second kappa shape index (κ2) is 11.2. The van der Waals surface area contributed by atoms with Crippen molar-refractivity contribution < 1.29 is 9.53 Å². The van der Waals surface area contributed by atoms with E-state index < -0.39 is 0 Å². The van der Waals surface area contributed by atoms with E-state index >= 15 is 0 Å². The van der Waals surface area contributed by atoms with Crippen molar-refractivity contribution in [2.24, 2.45) is 4.99 Å². The minimum atomic E-state index is -0.116. The number of amides is 1. The van der Waals surface area contributed by atoms with Crippen molar-refractivity contribution in [3.63, 3.8) is 0 Å². The van der Waals surface area contributed by atoms with Gasteiger partial charge < -0.3 is 20.7 Å². The molecule has 1 unspecified atom stereocenters. The highest BCUT2D eigenvalue weighted by Crippen LogP contribution is 2.19. The van der Waals surface area contributed by atoms with Crippen LogP contribution in [0, 0.1) is 0 Å². The molecule has 0 radical (unpaired) electrons. The van der Waals surface area contributed by atoms with Gasteiger partial charge >= 0.3 is 0 Å². The maximum absolute atomic E-state index is 12.1. The van der Waals surface area contributed by atoms with Crippen LogP contribution in [0.5, 0.6) is 5.75 Å². The Morgan fingerprint density at radius 2 is 1.96 bits per heavy atom. The van der Waals surface area contributed by atoms with Gasteiger partial charge in [0.1, 0.15) is 12.3 Å². The molecule has 1 atom stereocenters. The van der Waals surface area contributed by atoms with Crippen LogP contribution in [0.25, 0.3) is 0 Å². The standard InChI is InChI=1S/C20H28N4O2S/c1-4-21-20(23-12-15(2)18-6-5-11-27-18)24-14-19(25)22-13-16-7-9-17(26-3)10-8-16/h5-11,15H,4,12-14H2,1-3H3,(H,22,25)(H2,21,23,24). The predicted octanol–water partition coefficient (Wildman–Crippen LogP) is 2.73. The quantitative estimate of drug-likeness (QED) is 0.456. The molecule has 0 saturated carbocycles. The summed E-state index contributed by atoms with van der Waals surface area (Å²) in [4.78, 5) is 17.8. The zero-order chi connectivity index (χ0) is 19.5. The molecular weight excluding hydrogens is 360 g/mol. The summed E-state index contributed by atoms with van der Waals surface area (Å²) in [6.45, 7) is 6.23. The monoisotopic (exact) mass is 388 g/mol. The van der Waals surface area contributed by atoms with E-state index in [-0.39, 0.29) is 12.5 Å². The highest BCUT2D eigenvalue weighted by Gasteiger charge is 2.08. The number of nitrogens with zero attached hydrogens (tertiary/aromatic N) is 1. The number of thiophene rings is 1. The predicted molar refractivity (Wildman–Crippen MR) is 112 cm³/mol. The smallest absolute Gasteiger partial charge is 0.242 e. The first-order chi connectivity index (χ1) is 13.1. The fourth-order valence-electron chi connectivity index (χ4n) is 2.41. The molecule has 0 aliphatic heterocycles. The Morgan fingerprint density at radius 1 is 1.19 bits per heavy atom. The molecule has 1 amide bonds. The van der Waals surface area contributed by atoms with Gasteiger partial charge in [-0.3, -0.25) is 4.79 Å². The molecule has 0 fully saturated rings. The van der Waals surface area contributed by atoms with Crippen molar-refractivity contribution in [1.82, 2.24) is 16.0 Å². The Labute approximate surface area is 165 Å². The number of ether oxygens (including phenoxy) is 1. The molecule has 27 heavy (non-hydrogen) atoms. The number of nitrogens with one attached hydrogen (secondary N) is 3. The Morgan fingerprint density at radius 3 is 2.59 bits per heavy atom. The third-order valence-corrected chi connectivity index (χ3v) is 5.08. The average molecular weight is 389 g/mol. The third kappa shape index (κ3) is 7.30. The molecule has 1 aromatic heterocycles. The van der Waals surface area contributed by atoms with Gasteiger partial charge in [-0.25, -0.2) is 4.99 Å². The van der Waals surface area contributed by atoms with Gasteiger partial charge in [0.2, 0.25) is 5.91 Å². The van der Waals surface area contributed by atoms with Gasteiger partial charge in [-0.2, -0.15) is 0 Å². The molecule has 2 aromatic rings. The van der Waals surface area contributed by atoms with Crippen LogP contribution >= 0.6 is 11.3 Å². The van der Waals surface area contributed by atoms with Crippen molar-refractivity contribution in [2.75, 3.05) is 26.7 Å². The zero-order valence-electron chi connectivity index (χ0n) is 16.1. The largest absolute Gasteiger partial charge is 0.497 e. The Bertz CT molecular complexity index is 714. The Balaban J connectivity index is 1.78. The van der Waals surface area contributed by atoms with Crippen LogP contribution in [0.3, 0.4) is 0 Å². The van der Waals surface area contributed by atoms with Crippen LogP contribution < -0.4 is 20.7 Å². The second-order valence-electron chi connectivity index (χ2n) is 6.12. The van der Waals surface area contributed by atoms with E-state index in [4.69, 9.17) is 4.74 Å². The minimum absolute atomic E-state index is 0.0822. The molecule has 0 aliphatic rings. The van der Waals surface area contributed by atoms with E-state index in [9.17, 15) is 4.79 Å². The lowest BCUT2D eigenvalue weighted by atomic mass is 10.1. The van der Waals surface area contributed by atoms with Crippen molar-refractivity contribution in [2.45, 2.75) is 26.3 Å². The normalized spacial score (nSPS) is 12.3. The molecule has 146 valence electrons. The molecule has 1 heterocycles. The van der Waals surface area contributed by atoms with Crippen LogP contribution in [0.2, 0.25) is 0 Å². The number of guanidine groups is 1. The first kappa shape index (κ1) is 20.8. The lowest BCUT2D eigenvalue weighted by Gasteiger charge is -2.15. The van der Waals surface area contributed by atoms with Gasteiger partial charge in [0.05, 0.1) is 7.11 Å². The molecule has 0 aliphatic carbocycles. The summed E-state index contributed by atoms with van der Waals surface area (Å²) in [5, 5.41) is 11.4. The fraction of sp³-hybridized carbons (Fsp3) is 0.400. The van der Waals surface area contributed by atoms with Gasteiger partial charge in [0.15, 0.2) is 5.96 Å². The molecule has 7 heteroatoms. The Kier molecular flexibility index (Phi) is 8.64. The molecule has 0 spiro atoms. The summed E-state index contributed by atoms with van der Waals surface area (Å²) >= 11 is 1.75. The molecule has 0 bridgehead atoms. The second-order valence-corrected chi connectivity index (χ2v) is 7.10. The number of benzene rings is 1. The fourth-order valence-corrected chi connectivity index (χ4v) is 3.20. The van der Waals surface area contributed by atoms with E-state index in [2.05, 4.69) is 45.4 Å². The molecule has 6 nitrogen and oxygen atoms in total. The lowest BCUT2D eigenvalue weighted by Crippen LogP contribution is -2.40. The van der Waals surface area contributed by atoms with Crippen LogP contribution in [0.4, 0.5) is 0 Å². The Hall–Kier alpha value is -2.54. The van der Waals surface area contributed by atoms with E-state index in [0.717, 1.165) is 24.4 Å². The van der Waals surface area contributed by atoms with Gasteiger partial charge in [-0.1, -0.05) is 25.1 Å². The lowest BCUT2D eigenvalue weighted by molar-refractivity contribution is -0.119. The number of carbonyl (C=O) groups excluding carboxylic acids is 1. The van der Waals surface area contributed by atoms with Crippen LogP contribution in [0.15, 0.2) is 46.8 Å². The summed E-state index contributed by atoms with van der Waals surface area (Å²) in [6, 6.07) is 11.8. The topological polar surface area (TPSA) is 74.8 Å². The summed E-state index contributed by atoms with van der Waals surface area (Å²) in [5.74, 6) is 1.72. The van der Waals surface area contributed by atoms with Crippen LogP contribution in [0.1, 0.15) is 30.2 Å². The van der Waals surface area contributed by atoms with E-state index in [1.54, 1.807) is 18.4 Å². The molecule has 3 N–H and O–H groups in total. The van der Waals surface area contributed by atoms with Gasteiger partial charge in [0, 0.05) is 30.4 Å². The summed E-state index contributed by atoms with van der Waals surface area (Å²) in [6.07, 6.45) is 0. The van der Waals surface area contributed by atoms with E-state index in [1.807, 2.05) is 31.2 Å². The van der Waals surface area contributed by atoms with Crippen LogP contribution in [-0.2, 0) is 11.3 Å². The number of carbonyl (C=O) groups is 1. The number of methoxy groups -OCH3 is 1. The SMILES string of the molecule is CCNC(=NCC(=O)NCc1ccc(OC)cc1)NCC(C)c1cccs1. The van der Waals surface area contributed by atoms with Crippen LogP contribution in [-0.4, -0.2) is 38.6 Å². The third-order valence-electron chi connectivity index (χ3n) is 3.98. The number of rotatable bonds is 9. The number of hydrogen-bond donors (Lipinski definition) is 3. The highest BCUT2D eigenvalue weighted by atomic mass is 32.1. The maximum atomic E-state index is 12.1. The van der Waals surface area contributed by atoms with E-state index in [0.29, 0.717) is 18.4 Å². The highest BCUT2D eigenvalue weighted by molar-refractivity contribution is 7.10.